The first kappa shape index (κ1) is 21.2. The van der Waals surface area contributed by atoms with Crippen molar-refractivity contribution in [2.75, 3.05) is 10.6 Å². The summed E-state index contributed by atoms with van der Waals surface area (Å²) in [6.07, 6.45) is 3.59. The highest BCUT2D eigenvalue weighted by Crippen LogP contribution is 2.37. The van der Waals surface area contributed by atoms with Gasteiger partial charge in [0.25, 0.3) is 5.91 Å². The second kappa shape index (κ2) is 9.06. The van der Waals surface area contributed by atoms with Crippen LogP contribution in [0.4, 0.5) is 11.4 Å². The summed E-state index contributed by atoms with van der Waals surface area (Å²) < 4.78 is 0.988. The highest BCUT2D eigenvalue weighted by Gasteiger charge is 2.24. The number of anilines is 2. The number of nitrogens with zero attached hydrogens (tertiary/aromatic N) is 2. The molecule has 33 heavy (non-hydrogen) atoms. The zero-order valence-electron chi connectivity index (χ0n) is 17.6. The molecule has 2 heterocycles. The molecule has 2 N–H and O–H groups in total. The molecule has 0 unspecified atom stereocenters. The largest absolute Gasteiger partial charge is 0.399 e. The molecule has 0 aliphatic carbocycles. The van der Waals surface area contributed by atoms with Gasteiger partial charge in [-0.25, -0.2) is 0 Å². The maximum atomic E-state index is 13.8. The lowest BCUT2D eigenvalue weighted by Crippen LogP contribution is -2.30. The normalized spacial score (nSPS) is 10.9. The molecule has 0 spiro atoms. The average molecular weight is 470 g/mol. The Labute approximate surface area is 200 Å². The number of thiophene rings is 1. The number of halogens is 1. The molecule has 0 radical (unpaired) electrons. The van der Waals surface area contributed by atoms with Crippen LogP contribution in [0.1, 0.15) is 15.2 Å². The molecule has 2 aromatic heterocycles. The standard InChI is InChI=1S/C27H20ClN3OS/c28-25-23-8-1-2-9-24(23)33-26(25)27(32)31(22-12-10-21(29)11-13-22)17-18-5-3-6-19(15-18)20-7-4-14-30-16-20/h1-16H,17,29H2. The highest BCUT2D eigenvalue weighted by atomic mass is 35.5. The molecule has 0 aliphatic rings. The van der Waals surface area contributed by atoms with Crippen molar-refractivity contribution >= 4 is 50.3 Å². The predicted molar refractivity (Wildman–Crippen MR) is 138 cm³/mol. The van der Waals surface area contributed by atoms with Gasteiger partial charge < -0.3 is 10.6 Å². The summed E-state index contributed by atoms with van der Waals surface area (Å²) in [7, 11) is 0. The number of rotatable bonds is 5. The minimum atomic E-state index is -0.141. The molecule has 0 saturated carbocycles. The van der Waals surface area contributed by atoms with Crippen molar-refractivity contribution in [1.82, 2.24) is 4.98 Å². The number of pyridine rings is 1. The van der Waals surface area contributed by atoms with E-state index in [2.05, 4.69) is 11.1 Å². The van der Waals surface area contributed by atoms with Crippen LogP contribution >= 0.6 is 22.9 Å². The molecular formula is C27H20ClN3OS. The summed E-state index contributed by atoms with van der Waals surface area (Å²) in [5.41, 5.74) is 10.4. The fourth-order valence-corrected chi connectivity index (χ4v) is 5.24. The number of amides is 1. The second-order valence-corrected chi connectivity index (χ2v) is 9.10. The number of carbonyl (C=O) groups is 1. The Hall–Kier alpha value is -3.67. The summed E-state index contributed by atoms with van der Waals surface area (Å²) >= 11 is 8.07. The van der Waals surface area contributed by atoms with Gasteiger partial charge in [-0.05, 0) is 59.2 Å². The fourth-order valence-electron chi connectivity index (χ4n) is 3.77. The maximum Gasteiger partial charge on any atom is 0.270 e. The van der Waals surface area contributed by atoms with E-state index in [4.69, 9.17) is 17.3 Å². The van der Waals surface area contributed by atoms with Crippen molar-refractivity contribution in [2.24, 2.45) is 0 Å². The van der Waals surface area contributed by atoms with Gasteiger partial charge in [-0.3, -0.25) is 9.78 Å². The number of hydrogen-bond donors (Lipinski definition) is 1. The molecule has 6 heteroatoms. The summed E-state index contributed by atoms with van der Waals surface area (Å²) in [5, 5.41) is 1.38. The van der Waals surface area contributed by atoms with E-state index in [0.29, 0.717) is 22.1 Å². The van der Waals surface area contributed by atoms with Crippen LogP contribution in [-0.4, -0.2) is 10.9 Å². The Bertz CT molecular complexity index is 1430. The molecule has 162 valence electrons. The Morgan fingerprint density at radius 2 is 1.73 bits per heavy atom. The minimum absolute atomic E-state index is 0.141. The number of fused-ring (bicyclic) bond motifs is 1. The molecule has 0 fully saturated rings. The third kappa shape index (κ3) is 4.33. The van der Waals surface area contributed by atoms with Crippen molar-refractivity contribution in [1.29, 1.82) is 0 Å². The van der Waals surface area contributed by atoms with Crippen LogP contribution in [0.2, 0.25) is 5.02 Å². The van der Waals surface area contributed by atoms with Crippen molar-refractivity contribution in [3.63, 3.8) is 0 Å². The molecule has 0 bridgehead atoms. The van der Waals surface area contributed by atoms with E-state index < -0.39 is 0 Å². The monoisotopic (exact) mass is 469 g/mol. The summed E-state index contributed by atoms with van der Waals surface area (Å²) in [6.45, 7) is 0.390. The molecule has 5 aromatic rings. The van der Waals surface area contributed by atoms with Gasteiger partial charge >= 0.3 is 0 Å². The minimum Gasteiger partial charge on any atom is -0.399 e. The number of nitrogen functional groups attached to an aromatic ring is 1. The van der Waals surface area contributed by atoms with Gasteiger partial charge in [0.1, 0.15) is 4.88 Å². The lowest BCUT2D eigenvalue weighted by molar-refractivity contribution is 0.0989. The van der Waals surface area contributed by atoms with Crippen molar-refractivity contribution in [3.05, 3.63) is 113 Å². The van der Waals surface area contributed by atoms with Crippen molar-refractivity contribution < 1.29 is 4.79 Å². The SMILES string of the molecule is Nc1ccc(N(Cc2cccc(-c3cccnc3)c2)C(=O)c2sc3ccccc3c2Cl)cc1. The summed E-state index contributed by atoms with van der Waals surface area (Å²) in [5.74, 6) is -0.141. The van der Waals surface area contributed by atoms with E-state index in [-0.39, 0.29) is 5.91 Å². The van der Waals surface area contributed by atoms with E-state index in [1.54, 1.807) is 23.2 Å². The van der Waals surface area contributed by atoms with Crippen LogP contribution in [0.5, 0.6) is 0 Å². The topological polar surface area (TPSA) is 59.2 Å². The van der Waals surface area contributed by atoms with E-state index >= 15 is 0 Å². The van der Waals surface area contributed by atoms with E-state index in [0.717, 1.165) is 32.5 Å². The van der Waals surface area contributed by atoms with Gasteiger partial charge in [-0.15, -0.1) is 11.3 Å². The lowest BCUT2D eigenvalue weighted by Gasteiger charge is -2.23. The molecule has 4 nitrogen and oxygen atoms in total. The lowest BCUT2D eigenvalue weighted by atomic mass is 10.0. The molecule has 3 aromatic carbocycles. The third-order valence-corrected chi connectivity index (χ3v) is 7.11. The number of nitrogens with two attached hydrogens (primary N) is 1. The molecule has 0 aliphatic heterocycles. The molecular weight excluding hydrogens is 450 g/mol. The van der Waals surface area contributed by atoms with Crippen LogP contribution in [0.15, 0.2) is 97.3 Å². The smallest absolute Gasteiger partial charge is 0.270 e. The summed E-state index contributed by atoms with van der Waals surface area (Å²) in [6, 6.07) is 27.2. The first-order valence-corrected chi connectivity index (χ1v) is 11.6. The van der Waals surface area contributed by atoms with Gasteiger partial charge in [0, 0.05) is 33.9 Å². The molecule has 0 saturated heterocycles. The van der Waals surface area contributed by atoms with E-state index in [9.17, 15) is 4.79 Å². The van der Waals surface area contributed by atoms with Crippen LogP contribution in [0.3, 0.4) is 0 Å². The fraction of sp³-hybridized carbons (Fsp3) is 0.0370. The van der Waals surface area contributed by atoms with Crippen molar-refractivity contribution in [2.45, 2.75) is 6.54 Å². The number of carbonyl (C=O) groups excluding carboxylic acids is 1. The second-order valence-electron chi connectivity index (χ2n) is 7.67. The third-order valence-electron chi connectivity index (χ3n) is 5.44. The van der Waals surface area contributed by atoms with Crippen LogP contribution < -0.4 is 10.6 Å². The van der Waals surface area contributed by atoms with Gasteiger partial charge in [0.15, 0.2) is 0 Å². The van der Waals surface area contributed by atoms with Gasteiger partial charge in [-0.2, -0.15) is 0 Å². The van der Waals surface area contributed by atoms with Gasteiger partial charge in [0.2, 0.25) is 0 Å². The average Bonchev–Trinajstić information content (AvgIpc) is 3.20. The Kier molecular flexibility index (Phi) is 5.82. The summed E-state index contributed by atoms with van der Waals surface area (Å²) in [4.78, 5) is 20.3. The molecule has 0 atom stereocenters. The van der Waals surface area contributed by atoms with E-state index in [1.165, 1.54) is 11.3 Å². The Balaban J connectivity index is 1.55. The molecule has 5 rings (SSSR count). The van der Waals surface area contributed by atoms with E-state index in [1.807, 2.05) is 72.9 Å². The van der Waals surface area contributed by atoms with Gasteiger partial charge in [-0.1, -0.05) is 54.1 Å². The Morgan fingerprint density at radius 3 is 2.48 bits per heavy atom. The maximum absolute atomic E-state index is 13.8. The van der Waals surface area contributed by atoms with Gasteiger partial charge in [0.05, 0.1) is 11.6 Å². The van der Waals surface area contributed by atoms with Crippen LogP contribution in [0, 0.1) is 0 Å². The van der Waals surface area contributed by atoms with Crippen LogP contribution in [-0.2, 0) is 6.54 Å². The number of benzene rings is 3. The molecule has 1 amide bonds. The first-order chi connectivity index (χ1) is 16.1. The first-order valence-electron chi connectivity index (χ1n) is 10.4. The zero-order valence-corrected chi connectivity index (χ0v) is 19.2. The predicted octanol–water partition coefficient (Wildman–Crippen LogP) is 7.05. The zero-order chi connectivity index (χ0) is 22.8. The number of aromatic nitrogens is 1. The van der Waals surface area contributed by atoms with Crippen molar-refractivity contribution in [3.8, 4) is 11.1 Å². The highest BCUT2D eigenvalue weighted by molar-refractivity contribution is 7.21. The van der Waals surface area contributed by atoms with Crippen LogP contribution in [0.25, 0.3) is 21.2 Å². The Morgan fingerprint density at radius 1 is 0.939 bits per heavy atom. The number of hydrogen-bond acceptors (Lipinski definition) is 4. The quantitative estimate of drug-likeness (QED) is 0.280.